The Hall–Kier alpha value is -3.06. The lowest BCUT2D eigenvalue weighted by molar-refractivity contribution is 0.395. The minimum Gasteiger partial charge on any atom is -0.497 e. The molecule has 6 nitrogen and oxygen atoms in total. The third-order valence-electron chi connectivity index (χ3n) is 3.77. The minimum atomic E-state index is 0.524. The molecule has 26 heavy (non-hydrogen) atoms. The molecule has 2 N–H and O–H groups in total. The first-order valence-electron chi connectivity index (χ1n) is 8.05. The van der Waals surface area contributed by atoms with E-state index in [1.54, 1.807) is 20.4 Å². The molecule has 0 amide bonds. The monoisotopic (exact) mass is 368 g/mol. The van der Waals surface area contributed by atoms with Crippen molar-refractivity contribution in [3.8, 4) is 17.2 Å². The molecule has 0 fully saturated rings. The van der Waals surface area contributed by atoms with E-state index in [1.807, 2.05) is 59.4 Å². The van der Waals surface area contributed by atoms with Crippen molar-refractivity contribution in [2.75, 3.05) is 19.5 Å². The fourth-order valence-corrected chi connectivity index (χ4v) is 2.62. The van der Waals surface area contributed by atoms with E-state index < -0.39 is 0 Å². The number of thiocarbonyl (C=S) groups is 1. The molecular weight excluding hydrogens is 348 g/mol. The van der Waals surface area contributed by atoms with Crippen LogP contribution in [0.2, 0.25) is 0 Å². The molecule has 1 aromatic heterocycles. The van der Waals surface area contributed by atoms with Crippen molar-refractivity contribution >= 4 is 23.0 Å². The first kappa shape index (κ1) is 17.8. The van der Waals surface area contributed by atoms with E-state index in [9.17, 15) is 0 Å². The van der Waals surface area contributed by atoms with Gasteiger partial charge >= 0.3 is 0 Å². The maximum atomic E-state index is 5.37. The largest absolute Gasteiger partial charge is 0.497 e. The fourth-order valence-electron chi connectivity index (χ4n) is 2.43. The van der Waals surface area contributed by atoms with E-state index in [4.69, 9.17) is 21.7 Å². The molecule has 0 aliphatic carbocycles. The van der Waals surface area contributed by atoms with Gasteiger partial charge in [0.25, 0.3) is 0 Å². The number of hydrogen-bond donors (Lipinski definition) is 2. The summed E-state index contributed by atoms with van der Waals surface area (Å²) >= 11 is 5.37. The van der Waals surface area contributed by atoms with Crippen LogP contribution in [0.1, 0.15) is 5.56 Å². The summed E-state index contributed by atoms with van der Waals surface area (Å²) in [5.74, 6) is 1.40. The molecule has 0 spiro atoms. The van der Waals surface area contributed by atoms with Crippen molar-refractivity contribution in [2.24, 2.45) is 0 Å². The predicted molar refractivity (Wildman–Crippen MR) is 106 cm³/mol. The zero-order valence-corrected chi connectivity index (χ0v) is 15.4. The average Bonchev–Trinajstić information content (AvgIpc) is 3.21. The number of methoxy groups -OCH3 is 2. The van der Waals surface area contributed by atoms with Gasteiger partial charge in [0.2, 0.25) is 0 Å². The minimum absolute atomic E-state index is 0.524. The van der Waals surface area contributed by atoms with Gasteiger partial charge in [-0.25, -0.2) is 4.68 Å². The van der Waals surface area contributed by atoms with Crippen LogP contribution in [-0.4, -0.2) is 29.1 Å². The van der Waals surface area contributed by atoms with Gasteiger partial charge in [-0.05, 0) is 36.0 Å². The first-order valence-corrected chi connectivity index (χ1v) is 8.45. The summed E-state index contributed by atoms with van der Waals surface area (Å²) in [5.41, 5.74) is 2.93. The number of aromatic nitrogens is 2. The van der Waals surface area contributed by atoms with E-state index >= 15 is 0 Å². The Morgan fingerprint density at radius 3 is 2.35 bits per heavy atom. The van der Waals surface area contributed by atoms with Crippen LogP contribution in [0.15, 0.2) is 60.9 Å². The maximum Gasteiger partial charge on any atom is 0.171 e. The Morgan fingerprint density at radius 2 is 1.77 bits per heavy atom. The lowest BCUT2D eigenvalue weighted by Crippen LogP contribution is -2.27. The van der Waals surface area contributed by atoms with Gasteiger partial charge in [0.15, 0.2) is 5.11 Å². The van der Waals surface area contributed by atoms with Crippen molar-refractivity contribution in [2.45, 2.75) is 6.54 Å². The van der Waals surface area contributed by atoms with Crippen LogP contribution in [-0.2, 0) is 6.54 Å². The highest BCUT2D eigenvalue weighted by molar-refractivity contribution is 7.80. The molecule has 3 aromatic rings. The second kappa shape index (κ2) is 8.35. The summed E-state index contributed by atoms with van der Waals surface area (Å²) < 4.78 is 12.3. The zero-order valence-electron chi connectivity index (χ0n) is 14.6. The molecule has 0 aliphatic heterocycles. The Labute approximate surface area is 157 Å². The summed E-state index contributed by atoms with van der Waals surface area (Å²) in [4.78, 5) is 0. The van der Waals surface area contributed by atoms with Crippen molar-refractivity contribution in [3.05, 3.63) is 66.5 Å². The number of nitrogens with one attached hydrogen (secondary N) is 2. The Kier molecular flexibility index (Phi) is 5.70. The highest BCUT2D eigenvalue weighted by Gasteiger charge is 2.04. The van der Waals surface area contributed by atoms with Crippen LogP contribution >= 0.6 is 12.2 Å². The van der Waals surface area contributed by atoms with Gasteiger partial charge in [-0.2, -0.15) is 5.10 Å². The third kappa shape index (κ3) is 4.52. The summed E-state index contributed by atoms with van der Waals surface area (Å²) in [7, 11) is 3.23. The molecule has 0 atom stereocenters. The number of ether oxygens (including phenoxy) is 2. The average molecular weight is 368 g/mol. The quantitative estimate of drug-likeness (QED) is 0.651. The van der Waals surface area contributed by atoms with Crippen LogP contribution in [0, 0.1) is 0 Å². The van der Waals surface area contributed by atoms with Gasteiger partial charge in [0.05, 0.1) is 19.9 Å². The van der Waals surface area contributed by atoms with Crippen molar-refractivity contribution in [3.63, 3.8) is 0 Å². The number of rotatable bonds is 6. The van der Waals surface area contributed by atoms with Crippen molar-refractivity contribution in [1.29, 1.82) is 0 Å². The number of nitrogens with zero attached hydrogens (tertiary/aromatic N) is 2. The Morgan fingerprint density at radius 1 is 1.08 bits per heavy atom. The molecule has 0 unspecified atom stereocenters. The molecule has 0 radical (unpaired) electrons. The second-order valence-corrected chi connectivity index (χ2v) is 5.93. The topological polar surface area (TPSA) is 60.3 Å². The van der Waals surface area contributed by atoms with Crippen LogP contribution < -0.4 is 20.1 Å². The number of anilines is 1. The molecule has 0 saturated heterocycles. The number of hydrogen-bond acceptors (Lipinski definition) is 4. The summed E-state index contributed by atoms with van der Waals surface area (Å²) in [6.07, 6.45) is 3.67. The van der Waals surface area contributed by atoms with Gasteiger partial charge in [0.1, 0.15) is 11.5 Å². The predicted octanol–water partition coefficient (Wildman–Crippen LogP) is 3.38. The normalized spacial score (nSPS) is 10.2. The molecule has 1 heterocycles. The molecule has 134 valence electrons. The zero-order chi connectivity index (χ0) is 18.4. The Balaban J connectivity index is 1.57. The molecule has 0 aliphatic rings. The first-order chi connectivity index (χ1) is 12.7. The maximum absolute atomic E-state index is 5.37. The van der Waals surface area contributed by atoms with Gasteiger partial charge in [-0.1, -0.05) is 12.1 Å². The van der Waals surface area contributed by atoms with E-state index in [0.29, 0.717) is 23.2 Å². The molecule has 0 saturated carbocycles. The van der Waals surface area contributed by atoms with Crippen LogP contribution in [0.5, 0.6) is 11.5 Å². The highest BCUT2D eigenvalue weighted by Crippen LogP contribution is 2.25. The van der Waals surface area contributed by atoms with E-state index in [2.05, 4.69) is 15.7 Å². The van der Waals surface area contributed by atoms with Gasteiger partial charge in [-0.15, -0.1) is 0 Å². The van der Waals surface area contributed by atoms with Crippen LogP contribution in [0.3, 0.4) is 0 Å². The molecular formula is C19H20N4O2S. The fraction of sp³-hybridized carbons (Fsp3) is 0.158. The van der Waals surface area contributed by atoms with Crippen molar-refractivity contribution < 1.29 is 9.47 Å². The summed E-state index contributed by atoms with van der Waals surface area (Å²) in [6.45, 7) is 0.617. The standard InChI is InChI=1S/C19H20N4O2S/c1-24-17-10-15(11-18(12-17)25-2)22-19(26)20-13-14-4-6-16(7-5-14)23-9-3-8-21-23/h3-12H,13H2,1-2H3,(H2,20,22,26). The van der Waals surface area contributed by atoms with E-state index in [1.165, 1.54) is 0 Å². The molecule has 0 bridgehead atoms. The second-order valence-electron chi connectivity index (χ2n) is 5.53. The molecule has 2 aromatic carbocycles. The van der Waals surface area contributed by atoms with Crippen molar-refractivity contribution in [1.82, 2.24) is 15.1 Å². The third-order valence-corrected chi connectivity index (χ3v) is 4.01. The molecule has 7 heteroatoms. The van der Waals surface area contributed by atoms with E-state index in [0.717, 1.165) is 16.9 Å². The SMILES string of the molecule is COc1cc(NC(=S)NCc2ccc(-n3cccn3)cc2)cc(OC)c1. The van der Waals surface area contributed by atoms with Crippen LogP contribution in [0.25, 0.3) is 5.69 Å². The lowest BCUT2D eigenvalue weighted by Gasteiger charge is -2.13. The van der Waals surface area contributed by atoms with Crippen LogP contribution in [0.4, 0.5) is 5.69 Å². The highest BCUT2D eigenvalue weighted by atomic mass is 32.1. The summed E-state index contributed by atoms with van der Waals surface area (Å²) in [6, 6.07) is 15.5. The number of benzene rings is 2. The van der Waals surface area contributed by atoms with E-state index in [-0.39, 0.29) is 0 Å². The Bertz CT molecular complexity index is 842. The lowest BCUT2D eigenvalue weighted by atomic mass is 10.2. The summed E-state index contributed by atoms with van der Waals surface area (Å²) in [5, 5.41) is 11.1. The smallest absolute Gasteiger partial charge is 0.171 e. The van der Waals surface area contributed by atoms with Gasteiger partial charge in [-0.3, -0.25) is 0 Å². The van der Waals surface area contributed by atoms with Gasteiger partial charge in [0, 0.05) is 42.8 Å². The molecule has 3 rings (SSSR count). The van der Waals surface area contributed by atoms with Gasteiger partial charge < -0.3 is 20.1 Å².